The minimum atomic E-state index is -0.578. The molecule has 4 aliphatic heterocycles. The van der Waals surface area contributed by atoms with E-state index < -0.39 is 5.60 Å². The Labute approximate surface area is 287 Å². The fourth-order valence-electron chi connectivity index (χ4n) is 7.41. The Kier molecular flexibility index (Phi) is 9.19. The van der Waals surface area contributed by atoms with Crippen molar-refractivity contribution in [1.29, 1.82) is 0 Å². The van der Waals surface area contributed by atoms with Crippen LogP contribution in [0.1, 0.15) is 87.6 Å². The van der Waals surface area contributed by atoms with Crippen molar-refractivity contribution >= 4 is 22.9 Å². The summed E-state index contributed by atoms with van der Waals surface area (Å²) in [5.74, 6) is 0.933. The van der Waals surface area contributed by atoms with E-state index in [1.165, 1.54) is 0 Å². The van der Waals surface area contributed by atoms with Crippen molar-refractivity contribution in [2.24, 2.45) is 5.92 Å². The molecule has 0 radical (unpaired) electrons. The summed E-state index contributed by atoms with van der Waals surface area (Å²) in [7, 11) is 0. The third kappa shape index (κ3) is 6.94. The average Bonchev–Trinajstić information content (AvgIpc) is 3.73. The van der Waals surface area contributed by atoms with Crippen LogP contribution in [0.25, 0.3) is 33.5 Å². The van der Waals surface area contributed by atoms with Gasteiger partial charge in [0.2, 0.25) is 0 Å². The number of nitrogens with zero attached hydrogens (tertiary/aromatic N) is 6. The maximum Gasteiger partial charge on any atom is 0.410 e. The maximum absolute atomic E-state index is 13.4. The second kappa shape index (κ2) is 13.5. The van der Waals surface area contributed by atoms with E-state index in [0.717, 1.165) is 84.9 Å². The van der Waals surface area contributed by atoms with Gasteiger partial charge in [-0.1, -0.05) is 6.07 Å². The number of hydrogen-bond acceptors (Lipinski definition) is 8. The highest BCUT2D eigenvalue weighted by Crippen LogP contribution is 2.36. The quantitative estimate of drug-likeness (QED) is 0.231. The Balaban J connectivity index is 1.21. The number of nitrogens with one attached hydrogen (secondary N) is 2. The van der Waals surface area contributed by atoms with Crippen molar-refractivity contribution < 1.29 is 19.1 Å². The number of carbonyl (C=O) groups excluding carboxylic acids is 2. The molecule has 1 unspecified atom stereocenters. The molecular weight excluding hydrogens is 620 g/mol. The summed E-state index contributed by atoms with van der Waals surface area (Å²) in [4.78, 5) is 43.0. The molecule has 4 fully saturated rings. The fourth-order valence-corrected chi connectivity index (χ4v) is 7.41. The number of carbonyl (C=O) groups is 2. The van der Waals surface area contributed by atoms with Crippen molar-refractivity contribution in [1.82, 2.24) is 39.8 Å². The van der Waals surface area contributed by atoms with Crippen LogP contribution in [0.4, 0.5) is 4.79 Å². The number of pyridine rings is 1. The number of piperidine rings is 3. The van der Waals surface area contributed by atoms with E-state index in [9.17, 15) is 9.59 Å². The molecule has 0 saturated carbocycles. The molecule has 12 nitrogen and oxygen atoms in total. The van der Waals surface area contributed by atoms with Crippen LogP contribution in [-0.2, 0) is 16.0 Å². The van der Waals surface area contributed by atoms with Crippen LogP contribution in [0.2, 0.25) is 0 Å². The SMILES string of the molecule is CCN(Cc1cncc(-c2ccc3c(c2)c(-c2ncc(C(=O)N[C@H]4CN5CCC4CC5)[nH]2)nn3C2CCCCO2)c1C)C(=O)OC(C)(C)C. The van der Waals surface area contributed by atoms with Crippen LogP contribution in [0.3, 0.4) is 0 Å². The topological polar surface area (TPSA) is 130 Å². The molecule has 260 valence electrons. The average molecular weight is 669 g/mol. The summed E-state index contributed by atoms with van der Waals surface area (Å²) in [6.07, 6.45) is 10.0. The summed E-state index contributed by atoms with van der Waals surface area (Å²) >= 11 is 0. The van der Waals surface area contributed by atoms with Gasteiger partial charge in [0.25, 0.3) is 5.91 Å². The molecule has 2 bridgehead atoms. The van der Waals surface area contributed by atoms with E-state index in [0.29, 0.717) is 42.8 Å². The van der Waals surface area contributed by atoms with E-state index >= 15 is 0 Å². The molecule has 4 aromatic rings. The first kappa shape index (κ1) is 33.2. The van der Waals surface area contributed by atoms with Gasteiger partial charge in [0.1, 0.15) is 17.0 Å². The number of aromatic amines is 1. The van der Waals surface area contributed by atoms with Gasteiger partial charge in [-0.2, -0.15) is 5.10 Å². The van der Waals surface area contributed by atoms with E-state index in [-0.39, 0.29) is 24.3 Å². The Hall–Kier alpha value is -4.29. The number of rotatable bonds is 8. The zero-order valence-corrected chi connectivity index (χ0v) is 29.3. The Morgan fingerprint density at radius 3 is 2.63 bits per heavy atom. The molecule has 7 heterocycles. The highest BCUT2D eigenvalue weighted by atomic mass is 16.6. The summed E-state index contributed by atoms with van der Waals surface area (Å²) in [5.41, 5.74) is 5.36. The molecule has 1 aromatic carbocycles. The molecule has 2 amide bonds. The van der Waals surface area contributed by atoms with Crippen LogP contribution < -0.4 is 5.32 Å². The molecule has 4 aliphatic rings. The minimum absolute atomic E-state index is 0.136. The molecule has 0 aliphatic carbocycles. The molecule has 12 heteroatoms. The van der Waals surface area contributed by atoms with Crippen molar-refractivity contribution in [2.45, 2.75) is 91.1 Å². The van der Waals surface area contributed by atoms with Gasteiger partial charge >= 0.3 is 6.09 Å². The first-order valence-corrected chi connectivity index (χ1v) is 17.7. The standard InChI is InChI=1S/C37H48N8O4/c1-6-44(36(47)49-37(3,4)5)21-26-18-38-19-28(23(26)2)25-10-11-31-27(17-25)33(42-45(31)32-9-7-8-16-48-32)34-39-20-29(40-34)35(46)41-30-22-43-14-12-24(30)13-15-43/h10-11,17-20,24,30,32H,6-9,12-16,21-22H2,1-5H3,(H,39,40)(H,41,46)/t30-,32?/m0/s1. The Morgan fingerprint density at radius 2 is 1.94 bits per heavy atom. The number of fused-ring (bicyclic) bond motifs is 4. The van der Waals surface area contributed by atoms with Gasteiger partial charge in [-0.25, -0.2) is 14.5 Å². The van der Waals surface area contributed by atoms with Crippen molar-refractivity contribution in [3.05, 3.63) is 53.6 Å². The Morgan fingerprint density at radius 1 is 1.12 bits per heavy atom. The van der Waals surface area contributed by atoms with Gasteiger partial charge in [0.15, 0.2) is 12.1 Å². The first-order valence-electron chi connectivity index (χ1n) is 17.7. The number of ether oxygens (including phenoxy) is 2. The van der Waals surface area contributed by atoms with Crippen LogP contribution in [-0.4, -0.2) is 91.0 Å². The van der Waals surface area contributed by atoms with E-state index in [1.54, 1.807) is 11.1 Å². The molecule has 2 N–H and O–H groups in total. The van der Waals surface area contributed by atoms with Gasteiger partial charge in [-0.05, 0) is 115 Å². The first-order chi connectivity index (χ1) is 23.6. The zero-order valence-electron chi connectivity index (χ0n) is 29.3. The van der Waals surface area contributed by atoms with Gasteiger partial charge in [0, 0.05) is 49.1 Å². The van der Waals surface area contributed by atoms with Gasteiger partial charge in [0.05, 0.1) is 18.3 Å². The number of imidazole rings is 1. The second-order valence-corrected chi connectivity index (χ2v) is 14.7. The number of hydrogen-bond donors (Lipinski definition) is 2. The molecular formula is C37H48N8O4. The van der Waals surface area contributed by atoms with Crippen LogP contribution in [0, 0.1) is 12.8 Å². The minimum Gasteiger partial charge on any atom is -0.444 e. The monoisotopic (exact) mass is 668 g/mol. The normalized spacial score (nSPS) is 22.3. The largest absolute Gasteiger partial charge is 0.444 e. The van der Waals surface area contributed by atoms with Crippen molar-refractivity contribution in [3.63, 3.8) is 0 Å². The fraction of sp³-hybridized carbons (Fsp3) is 0.541. The van der Waals surface area contributed by atoms with Gasteiger partial charge < -0.3 is 29.6 Å². The molecule has 4 saturated heterocycles. The molecule has 49 heavy (non-hydrogen) atoms. The van der Waals surface area contributed by atoms with Gasteiger partial charge in [-0.15, -0.1) is 0 Å². The molecule has 3 aromatic heterocycles. The third-order valence-corrected chi connectivity index (χ3v) is 10.2. The summed E-state index contributed by atoms with van der Waals surface area (Å²) < 4.78 is 13.8. The lowest BCUT2D eigenvalue weighted by Crippen LogP contribution is -2.57. The predicted octanol–water partition coefficient (Wildman–Crippen LogP) is 6.08. The van der Waals surface area contributed by atoms with Crippen LogP contribution in [0.15, 0.2) is 36.8 Å². The van der Waals surface area contributed by atoms with E-state index in [1.807, 2.05) is 44.8 Å². The van der Waals surface area contributed by atoms with Crippen LogP contribution >= 0.6 is 0 Å². The second-order valence-electron chi connectivity index (χ2n) is 14.7. The lowest BCUT2D eigenvalue weighted by molar-refractivity contribution is -0.0365. The summed E-state index contributed by atoms with van der Waals surface area (Å²) in [6.45, 7) is 14.4. The van der Waals surface area contributed by atoms with E-state index in [2.05, 4.69) is 50.3 Å². The van der Waals surface area contributed by atoms with Crippen LogP contribution in [0.5, 0.6) is 0 Å². The highest BCUT2D eigenvalue weighted by molar-refractivity contribution is 5.97. The highest BCUT2D eigenvalue weighted by Gasteiger charge is 2.35. The van der Waals surface area contributed by atoms with Gasteiger partial charge in [-0.3, -0.25) is 9.78 Å². The van der Waals surface area contributed by atoms with Crippen molar-refractivity contribution in [2.75, 3.05) is 32.8 Å². The lowest BCUT2D eigenvalue weighted by atomic mass is 9.84. The number of H-pyrrole nitrogens is 1. The smallest absolute Gasteiger partial charge is 0.410 e. The van der Waals surface area contributed by atoms with E-state index in [4.69, 9.17) is 14.6 Å². The summed E-state index contributed by atoms with van der Waals surface area (Å²) in [5, 5.41) is 9.23. The van der Waals surface area contributed by atoms with Crippen molar-refractivity contribution in [3.8, 4) is 22.6 Å². The number of aromatic nitrogens is 5. The Bertz CT molecular complexity index is 1830. The number of amides is 2. The molecule has 8 rings (SSSR count). The molecule has 0 spiro atoms. The zero-order chi connectivity index (χ0) is 34.3. The summed E-state index contributed by atoms with van der Waals surface area (Å²) in [6, 6.07) is 6.44. The predicted molar refractivity (Wildman–Crippen MR) is 187 cm³/mol. The number of benzene rings is 1. The third-order valence-electron chi connectivity index (χ3n) is 10.2. The molecule has 2 atom stereocenters. The lowest BCUT2D eigenvalue weighted by Gasteiger charge is -2.44. The maximum atomic E-state index is 13.4.